The smallest absolute Gasteiger partial charge is 0.283 e. The van der Waals surface area contributed by atoms with Gasteiger partial charge in [-0.2, -0.15) is 5.10 Å². The minimum atomic E-state index is -0.217. The van der Waals surface area contributed by atoms with Gasteiger partial charge in [-0.3, -0.25) is 4.79 Å². The molecule has 1 aliphatic heterocycles. The second kappa shape index (κ2) is 6.69. The third kappa shape index (κ3) is 2.89. The predicted molar refractivity (Wildman–Crippen MR) is 81.9 cm³/mol. The maximum absolute atomic E-state index is 12.2. The van der Waals surface area contributed by atoms with Crippen molar-refractivity contribution >= 4 is 21.6 Å². The van der Waals surface area contributed by atoms with E-state index < -0.39 is 0 Å². The Morgan fingerprint density at radius 1 is 1.60 bits per heavy atom. The van der Waals surface area contributed by atoms with Crippen LogP contribution in [0, 0.1) is 5.92 Å². The zero-order valence-corrected chi connectivity index (χ0v) is 13.2. The van der Waals surface area contributed by atoms with E-state index in [4.69, 9.17) is 10.8 Å². The van der Waals surface area contributed by atoms with Crippen molar-refractivity contribution in [3.8, 4) is 0 Å². The van der Waals surface area contributed by atoms with Gasteiger partial charge in [0.1, 0.15) is 4.47 Å². The van der Waals surface area contributed by atoms with Crippen LogP contribution in [-0.4, -0.2) is 40.6 Å². The van der Waals surface area contributed by atoms with Crippen molar-refractivity contribution in [2.75, 3.05) is 24.6 Å². The number of halogens is 1. The normalized spacial score (nSPS) is 23.1. The number of nitrogens with two attached hydrogens (primary N) is 1. The van der Waals surface area contributed by atoms with Crippen LogP contribution in [0.25, 0.3) is 0 Å². The molecular weight excluding hydrogens is 324 g/mol. The van der Waals surface area contributed by atoms with Crippen LogP contribution >= 0.6 is 15.9 Å². The van der Waals surface area contributed by atoms with Crippen LogP contribution in [0.2, 0.25) is 0 Å². The number of aliphatic hydroxyl groups excluding tert-OH is 1. The number of aliphatic hydroxyl groups is 1. The SMILES string of the molecule is CC1CCCN(c2cnn(CCO)c(=O)c2Br)C1CN. The predicted octanol–water partition coefficient (Wildman–Crippen LogP) is 0.562. The van der Waals surface area contributed by atoms with Gasteiger partial charge in [0.25, 0.3) is 5.56 Å². The number of hydrogen-bond donors (Lipinski definition) is 2. The van der Waals surface area contributed by atoms with E-state index in [-0.39, 0.29) is 24.8 Å². The largest absolute Gasteiger partial charge is 0.394 e. The Bertz CT molecular complexity index is 520. The fourth-order valence-electron chi connectivity index (χ4n) is 2.82. The summed E-state index contributed by atoms with van der Waals surface area (Å²) < 4.78 is 1.76. The zero-order chi connectivity index (χ0) is 14.7. The quantitative estimate of drug-likeness (QED) is 0.833. The maximum atomic E-state index is 12.2. The van der Waals surface area contributed by atoms with Crippen molar-refractivity contribution in [3.63, 3.8) is 0 Å². The number of rotatable bonds is 4. The standard InChI is InChI=1S/C13H21BrN4O2/c1-9-3-2-4-17(10(9)7-15)11-8-16-18(5-6-19)13(20)12(11)14/h8-10,19H,2-7,15H2,1H3. The Labute approximate surface area is 126 Å². The van der Waals surface area contributed by atoms with Gasteiger partial charge in [-0.1, -0.05) is 6.92 Å². The van der Waals surface area contributed by atoms with Gasteiger partial charge in [0.2, 0.25) is 0 Å². The second-order valence-electron chi connectivity index (χ2n) is 5.21. The summed E-state index contributed by atoms with van der Waals surface area (Å²) in [6.07, 6.45) is 3.93. The summed E-state index contributed by atoms with van der Waals surface area (Å²) >= 11 is 3.38. The minimum absolute atomic E-state index is 0.106. The van der Waals surface area contributed by atoms with Crippen LogP contribution in [0.15, 0.2) is 15.5 Å². The molecule has 0 aliphatic carbocycles. The lowest BCUT2D eigenvalue weighted by Gasteiger charge is -2.41. The van der Waals surface area contributed by atoms with Crippen molar-refractivity contribution in [2.24, 2.45) is 11.7 Å². The highest BCUT2D eigenvalue weighted by atomic mass is 79.9. The van der Waals surface area contributed by atoms with Crippen LogP contribution in [0.1, 0.15) is 19.8 Å². The van der Waals surface area contributed by atoms with Crippen LogP contribution in [0.4, 0.5) is 5.69 Å². The molecule has 2 rings (SSSR count). The lowest BCUT2D eigenvalue weighted by atomic mass is 9.90. The average molecular weight is 345 g/mol. The zero-order valence-electron chi connectivity index (χ0n) is 11.6. The Morgan fingerprint density at radius 2 is 2.35 bits per heavy atom. The number of hydrogen-bond acceptors (Lipinski definition) is 5. The molecule has 0 radical (unpaired) electrons. The molecule has 1 saturated heterocycles. The highest BCUT2D eigenvalue weighted by Crippen LogP contribution is 2.31. The molecule has 0 spiro atoms. The van der Waals surface area contributed by atoms with Gasteiger partial charge in [-0.05, 0) is 34.7 Å². The molecule has 112 valence electrons. The second-order valence-corrected chi connectivity index (χ2v) is 6.00. The van der Waals surface area contributed by atoms with E-state index in [9.17, 15) is 4.79 Å². The third-order valence-electron chi connectivity index (χ3n) is 3.94. The summed E-state index contributed by atoms with van der Waals surface area (Å²) in [6, 6.07) is 0.231. The molecule has 1 aliphatic rings. The Hall–Kier alpha value is -0.920. The lowest BCUT2D eigenvalue weighted by Crippen LogP contribution is -2.49. The van der Waals surface area contributed by atoms with Crippen molar-refractivity contribution in [1.82, 2.24) is 9.78 Å². The molecule has 7 heteroatoms. The topological polar surface area (TPSA) is 84.4 Å². The molecule has 3 N–H and O–H groups in total. The van der Waals surface area contributed by atoms with Crippen LogP contribution in [-0.2, 0) is 6.54 Å². The number of piperidine rings is 1. The first-order valence-corrected chi connectivity index (χ1v) is 7.72. The summed E-state index contributed by atoms with van der Waals surface area (Å²) in [5.74, 6) is 0.500. The number of anilines is 1. The summed E-state index contributed by atoms with van der Waals surface area (Å²) in [5, 5.41) is 13.1. The molecule has 2 unspecified atom stereocenters. The highest BCUT2D eigenvalue weighted by molar-refractivity contribution is 9.10. The molecule has 0 aromatic carbocycles. The van der Waals surface area contributed by atoms with Crippen molar-refractivity contribution in [2.45, 2.75) is 32.4 Å². The number of nitrogens with zero attached hydrogens (tertiary/aromatic N) is 3. The molecule has 1 aromatic heterocycles. The fourth-order valence-corrected chi connectivity index (χ4v) is 3.35. The van der Waals surface area contributed by atoms with Crippen molar-refractivity contribution in [1.29, 1.82) is 0 Å². The first kappa shape index (κ1) is 15.5. The van der Waals surface area contributed by atoms with E-state index >= 15 is 0 Å². The first-order chi connectivity index (χ1) is 9.60. The first-order valence-electron chi connectivity index (χ1n) is 6.93. The summed E-state index contributed by atoms with van der Waals surface area (Å²) in [7, 11) is 0. The van der Waals surface area contributed by atoms with Gasteiger partial charge in [0.15, 0.2) is 0 Å². The monoisotopic (exact) mass is 344 g/mol. The van der Waals surface area contributed by atoms with Gasteiger partial charge in [-0.15, -0.1) is 0 Å². The van der Waals surface area contributed by atoms with E-state index in [0.29, 0.717) is 16.9 Å². The van der Waals surface area contributed by atoms with E-state index in [1.165, 1.54) is 4.68 Å². The number of aromatic nitrogens is 2. The average Bonchev–Trinajstić information content (AvgIpc) is 2.44. The van der Waals surface area contributed by atoms with E-state index in [2.05, 4.69) is 32.9 Å². The van der Waals surface area contributed by atoms with Gasteiger partial charge < -0.3 is 15.7 Å². The molecular formula is C13H21BrN4O2. The molecule has 0 bridgehead atoms. The van der Waals surface area contributed by atoms with E-state index in [0.717, 1.165) is 25.1 Å². The molecule has 20 heavy (non-hydrogen) atoms. The molecule has 1 fully saturated rings. The van der Waals surface area contributed by atoms with Gasteiger partial charge in [0, 0.05) is 19.1 Å². The Kier molecular flexibility index (Phi) is 5.17. The van der Waals surface area contributed by atoms with Crippen LogP contribution < -0.4 is 16.2 Å². The van der Waals surface area contributed by atoms with Gasteiger partial charge >= 0.3 is 0 Å². The fraction of sp³-hybridized carbons (Fsp3) is 0.692. The lowest BCUT2D eigenvalue weighted by molar-refractivity contribution is 0.265. The third-order valence-corrected chi connectivity index (χ3v) is 4.69. The van der Waals surface area contributed by atoms with E-state index in [1.54, 1.807) is 6.20 Å². The molecule has 1 aromatic rings. The maximum Gasteiger partial charge on any atom is 0.283 e. The molecule has 6 nitrogen and oxygen atoms in total. The van der Waals surface area contributed by atoms with Crippen molar-refractivity contribution in [3.05, 3.63) is 21.0 Å². The molecule has 0 amide bonds. The molecule has 0 saturated carbocycles. The Morgan fingerprint density at radius 3 is 3.00 bits per heavy atom. The van der Waals surface area contributed by atoms with E-state index in [1.807, 2.05) is 0 Å². The summed E-state index contributed by atoms with van der Waals surface area (Å²) in [4.78, 5) is 14.4. The Balaban J connectivity index is 2.37. The molecule has 2 heterocycles. The van der Waals surface area contributed by atoms with Crippen LogP contribution in [0.3, 0.4) is 0 Å². The van der Waals surface area contributed by atoms with Gasteiger partial charge in [-0.25, -0.2) is 4.68 Å². The summed E-state index contributed by atoms with van der Waals surface area (Å²) in [5.41, 5.74) is 6.47. The van der Waals surface area contributed by atoms with Crippen LogP contribution in [0.5, 0.6) is 0 Å². The minimum Gasteiger partial charge on any atom is -0.394 e. The van der Waals surface area contributed by atoms with Crippen molar-refractivity contribution < 1.29 is 5.11 Å². The summed E-state index contributed by atoms with van der Waals surface area (Å²) in [6.45, 7) is 3.74. The van der Waals surface area contributed by atoms with Gasteiger partial charge in [0.05, 0.1) is 25.0 Å². The highest BCUT2D eigenvalue weighted by Gasteiger charge is 2.29. The molecule has 2 atom stereocenters.